The third-order valence-electron chi connectivity index (χ3n) is 3.55. The largest absolute Gasteiger partial charge is 0.489 e. The van der Waals surface area contributed by atoms with Crippen molar-refractivity contribution in [3.05, 3.63) is 59.7 Å². The first-order valence-electron chi connectivity index (χ1n) is 7.89. The number of nitrogens with one attached hydrogen (secondary N) is 1. The lowest BCUT2D eigenvalue weighted by Gasteiger charge is -2.13. The SMILES string of the molecule is CCOCCOc1ccccc1NCCc1ccccc1C. The minimum Gasteiger partial charge on any atom is -0.489 e. The summed E-state index contributed by atoms with van der Waals surface area (Å²) in [4.78, 5) is 0. The fourth-order valence-electron chi connectivity index (χ4n) is 2.32. The Morgan fingerprint density at radius 1 is 0.955 bits per heavy atom. The van der Waals surface area contributed by atoms with Crippen molar-refractivity contribution in [1.82, 2.24) is 0 Å². The van der Waals surface area contributed by atoms with E-state index in [9.17, 15) is 0 Å². The molecule has 1 N–H and O–H groups in total. The average Bonchev–Trinajstić information content (AvgIpc) is 2.55. The molecule has 0 fully saturated rings. The van der Waals surface area contributed by atoms with Crippen LogP contribution in [0, 0.1) is 6.92 Å². The van der Waals surface area contributed by atoms with Crippen molar-refractivity contribution < 1.29 is 9.47 Å². The molecule has 0 heterocycles. The first-order valence-corrected chi connectivity index (χ1v) is 7.89. The minimum absolute atomic E-state index is 0.574. The Morgan fingerprint density at radius 3 is 2.55 bits per heavy atom. The Bertz CT molecular complexity index is 569. The van der Waals surface area contributed by atoms with Crippen molar-refractivity contribution >= 4 is 5.69 Å². The molecule has 118 valence electrons. The highest BCUT2D eigenvalue weighted by Crippen LogP contribution is 2.23. The number of benzene rings is 2. The van der Waals surface area contributed by atoms with Gasteiger partial charge in [-0.15, -0.1) is 0 Å². The summed E-state index contributed by atoms with van der Waals surface area (Å²) in [7, 11) is 0. The summed E-state index contributed by atoms with van der Waals surface area (Å²) in [6.45, 7) is 6.94. The van der Waals surface area contributed by atoms with Crippen molar-refractivity contribution in [1.29, 1.82) is 0 Å². The van der Waals surface area contributed by atoms with Gasteiger partial charge in [0.15, 0.2) is 0 Å². The molecule has 0 spiro atoms. The number of anilines is 1. The molecule has 0 saturated carbocycles. The Morgan fingerprint density at radius 2 is 1.73 bits per heavy atom. The smallest absolute Gasteiger partial charge is 0.142 e. The highest BCUT2D eigenvalue weighted by molar-refractivity contribution is 5.56. The molecular formula is C19H25NO2. The average molecular weight is 299 g/mol. The standard InChI is InChI=1S/C19H25NO2/c1-3-21-14-15-22-19-11-7-6-10-18(19)20-13-12-17-9-5-4-8-16(17)2/h4-11,20H,3,12-15H2,1-2H3. The second-order valence-corrected chi connectivity index (χ2v) is 5.14. The van der Waals surface area contributed by atoms with Crippen LogP contribution in [0.3, 0.4) is 0 Å². The summed E-state index contributed by atoms with van der Waals surface area (Å²) in [5.41, 5.74) is 3.75. The normalized spacial score (nSPS) is 10.5. The van der Waals surface area contributed by atoms with E-state index in [4.69, 9.17) is 9.47 Å². The van der Waals surface area contributed by atoms with Crippen LogP contribution in [0.4, 0.5) is 5.69 Å². The van der Waals surface area contributed by atoms with E-state index in [1.807, 2.05) is 31.2 Å². The van der Waals surface area contributed by atoms with Crippen LogP contribution in [0.5, 0.6) is 5.75 Å². The number of para-hydroxylation sites is 2. The van der Waals surface area contributed by atoms with E-state index < -0.39 is 0 Å². The number of aryl methyl sites for hydroxylation is 1. The van der Waals surface area contributed by atoms with Gasteiger partial charge in [-0.3, -0.25) is 0 Å². The number of hydrogen-bond donors (Lipinski definition) is 1. The highest BCUT2D eigenvalue weighted by atomic mass is 16.5. The maximum absolute atomic E-state index is 5.78. The zero-order chi connectivity index (χ0) is 15.6. The predicted molar refractivity (Wildman–Crippen MR) is 91.8 cm³/mol. The van der Waals surface area contributed by atoms with Gasteiger partial charge in [-0.05, 0) is 43.5 Å². The zero-order valence-electron chi connectivity index (χ0n) is 13.5. The van der Waals surface area contributed by atoms with E-state index in [1.54, 1.807) is 0 Å². The Balaban J connectivity index is 1.85. The van der Waals surface area contributed by atoms with Crippen LogP contribution in [0.15, 0.2) is 48.5 Å². The van der Waals surface area contributed by atoms with Crippen molar-refractivity contribution in [3.63, 3.8) is 0 Å². The molecule has 0 atom stereocenters. The third-order valence-corrected chi connectivity index (χ3v) is 3.55. The molecule has 0 unspecified atom stereocenters. The van der Waals surface area contributed by atoms with Crippen molar-refractivity contribution in [2.75, 3.05) is 31.7 Å². The summed E-state index contributed by atoms with van der Waals surface area (Å²) in [5, 5.41) is 3.46. The maximum Gasteiger partial charge on any atom is 0.142 e. The molecule has 0 saturated heterocycles. The monoisotopic (exact) mass is 299 g/mol. The van der Waals surface area contributed by atoms with Gasteiger partial charge in [0.2, 0.25) is 0 Å². The van der Waals surface area contributed by atoms with Gasteiger partial charge < -0.3 is 14.8 Å². The topological polar surface area (TPSA) is 30.5 Å². The fourth-order valence-corrected chi connectivity index (χ4v) is 2.32. The summed E-state index contributed by atoms with van der Waals surface area (Å²) in [6, 6.07) is 16.5. The van der Waals surface area contributed by atoms with Crippen molar-refractivity contribution in [2.24, 2.45) is 0 Å². The van der Waals surface area contributed by atoms with Crippen molar-refractivity contribution in [2.45, 2.75) is 20.3 Å². The fraction of sp³-hybridized carbons (Fsp3) is 0.368. The van der Waals surface area contributed by atoms with E-state index in [0.29, 0.717) is 13.2 Å². The van der Waals surface area contributed by atoms with Gasteiger partial charge in [-0.1, -0.05) is 36.4 Å². The lowest BCUT2D eigenvalue weighted by atomic mass is 10.1. The molecular weight excluding hydrogens is 274 g/mol. The molecule has 2 rings (SSSR count). The molecule has 0 aliphatic carbocycles. The third kappa shape index (κ3) is 5.08. The van der Waals surface area contributed by atoms with E-state index >= 15 is 0 Å². The van der Waals surface area contributed by atoms with Crippen LogP contribution in [0.25, 0.3) is 0 Å². The van der Waals surface area contributed by atoms with E-state index in [1.165, 1.54) is 11.1 Å². The van der Waals surface area contributed by atoms with Gasteiger partial charge in [0, 0.05) is 13.2 Å². The van der Waals surface area contributed by atoms with Gasteiger partial charge in [0.25, 0.3) is 0 Å². The second-order valence-electron chi connectivity index (χ2n) is 5.14. The first kappa shape index (κ1) is 16.4. The summed E-state index contributed by atoms with van der Waals surface area (Å²) in [5.74, 6) is 0.881. The van der Waals surface area contributed by atoms with Crippen LogP contribution in [-0.4, -0.2) is 26.4 Å². The zero-order valence-corrected chi connectivity index (χ0v) is 13.5. The van der Waals surface area contributed by atoms with E-state index in [0.717, 1.165) is 31.0 Å². The maximum atomic E-state index is 5.78. The molecule has 3 heteroatoms. The van der Waals surface area contributed by atoms with Crippen LogP contribution in [-0.2, 0) is 11.2 Å². The van der Waals surface area contributed by atoms with E-state index in [-0.39, 0.29) is 0 Å². The quantitative estimate of drug-likeness (QED) is 0.708. The van der Waals surface area contributed by atoms with E-state index in [2.05, 4.69) is 36.5 Å². The predicted octanol–water partition coefficient (Wildman–Crippen LogP) is 4.06. The number of ether oxygens (including phenoxy) is 2. The summed E-state index contributed by atoms with van der Waals surface area (Å²) < 4.78 is 11.1. The van der Waals surface area contributed by atoms with Gasteiger partial charge >= 0.3 is 0 Å². The van der Waals surface area contributed by atoms with Crippen molar-refractivity contribution in [3.8, 4) is 5.75 Å². The Labute approximate surface area is 133 Å². The molecule has 2 aromatic carbocycles. The second kappa shape index (κ2) is 9.11. The van der Waals surface area contributed by atoms with Gasteiger partial charge in [-0.25, -0.2) is 0 Å². The molecule has 0 aliphatic rings. The summed E-state index contributed by atoms with van der Waals surface area (Å²) >= 11 is 0. The van der Waals surface area contributed by atoms with Crippen LogP contribution in [0.1, 0.15) is 18.1 Å². The van der Waals surface area contributed by atoms with Crippen LogP contribution < -0.4 is 10.1 Å². The van der Waals surface area contributed by atoms with Gasteiger partial charge in [-0.2, -0.15) is 0 Å². The van der Waals surface area contributed by atoms with Crippen LogP contribution >= 0.6 is 0 Å². The molecule has 0 aliphatic heterocycles. The lowest BCUT2D eigenvalue weighted by Crippen LogP contribution is -2.10. The Hall–Kier alpha value is -2.00. The Kier molecular flexibility index (Phi) is 6.78. The molecule has 0 radical (unpaired) electrons. The summed E-state index contributed by atoms with van der Waals surface area (Å²) in [6.07, 6.45) is 1.000. The number of hydrogen-bond acceptors (Lipinski definition) is 3. The lowest BCUT2D eigenvalue weighted by molar-refractivity contribution is 0.110. The van der Waals surface area contributed by atoms with Crippen LogP contribution in [0.2, 0.25) is 0 Å². The number of rotatable bonds is 9. The molecule has 2 aromatic rings. The molecule has 0 amide bonds. The molecule has 22 heavy (non-hydrogen) atoms. The minimum atomic E-state index is 0.574. The molecule has 0 aromatic heterocycles. The molecule has 3 nitrogen and oxygen atoms in total. The first-order chi connectivity index (χ1) is 10.8. The van der Waals surface area contributed by atoms with Gasteiger partial charge in [0.1, 0.15) is 12.4 Å². The highest BCUT2D eigenvalue weighted by Gasteiger charge is 2.03. The van der Waals surface area contributed by atoms with Gasteiger partial charge in [0.05, 0.1) is 12.3 Å². The molecule has 0 bridgehead atoms.